The molecule has 0 amide bonds. The highest BCUT2D eigenvalue weighted by Crippen LogP contribution is 2.64. The Morgan fingerprint density at radius 1 is 1.11 bits per heavy atom. The molecule has 2 heterocycles. The second kappa shape index (κ2) is 8.61. The number of fused-ring (bicyclic) bond motifs is 5. The molecule has 7 nitrogen and oxygen atoms in total. The number of aliphatic hydroxyl groups is 1. The van der Waals surface area contributed by atoms with Crippen molar-refractivity contribution < 1.29 is 14.3 Å². The molecular formula is C28H37FN4O3. The van der Waals surface area contributed by atoms with Gasteiger partial charge in [-0.1, -0.05) is 6.92 Å². The number of Topliss-reactive ketones (excluding diaryl/α,β-unsaturated/α-hetero) is 1. The molecule has 194 valence electrons. The summed E-state index contributed by atoms with van der Waals surface area (Å²) >= 11 is 0. The van der Waals surface area contributed by atoms with E-state index in [-0.39, 0.29) is 23.7 Å². The zero-order chi connectivity index (χ0) is 25.2. The molecule has 4 aliphatic rings. The summed E-state index contributed by atoms with van der Waals surface area (Å²) in [5, 5.41) is 14.7. The van der Waals surface area contributed by atoms with Crippen LogP contribution in [-0.2, 0) is 11.3 Å². The van der Waals surface area contributed by atoms with Gasteiger partial charge in [-0.3, -0.25) is 9.36 Å². The zero-order valence-electron chi connectivity index (χ0n) is 21.3. The lowest BCUT2D eigenvalue weighted by Gasteiger charge is -2.56. The summed E-state index contributed by atoms with van der Waals surface area (Å²) in [6.45, 7) is 4.34. The molecule has 0 radical (unpaired) electrons. The number of carbonyl (C=O) groups is 1. The Bertz CT molecular complexity index is 1220. The van der Waals surface area contributed by atoms with Crippen molar-refractivity contribution in [2.45, 2.75) is 83.8 Å². The molecule has 8 atom stereocenters. The molecule has 4 saturated carbocycles. The fraction of sp³-hybridized carbons (Fsp3) is 0.714. The Kier molecular flexibility index (Phi) is 5.74. The third kappa shape index (κ3) is 3.87. The SMILES string of the molecule is C[C@@]1(O)CC[C@H]2[C@H](CC[C@@H]3[C@@H]2CC[C@]2(C)[C@@H](C(=O)Cn4cnn(-c5ccnc(F)c5)c4=O)CC[C@@H]32)C1. The molecule has 6 rings (SSSR count). The van der Waals surface area contributed by atoms with Gasteiger partial charge in [-0.15, -0.1) is 0 Å². The van der Waals surface area contributed by atoms with Crippen LogP contribution < -0.4 is 5.69 Å². The van der Waals surface area contributed by atoms with Crippen LogP contribution in [-0.4, -0.2) is 35.8 Å². The lowest BCUT2D eigenvalue weighted by atomic mass is 9.49. The summed E-state index contributed by atoms with van der Waals surface area (Å²) in [6.07, 6.45) is 12.3. The first kappa shape index (κ1) is 24.0. The van der Waals surface area contributed by atoms with Gasteiger partial charge >= 0.3 is 5.69 Å². The quantitative estimate of drug-likeness (QED) is 0.642. The predicted molar refractivity (Wildman–Crippen MR) is 132 cm³/mol. The lowest BCUT2D eigenvalue weighted by molar-refractivity contribution is -0.133. The van der Waals surface area contributed by atoms with Gasteiger partial charge in [-0.25, -0.2) is 9.78 Å². The first-order chi connectivity index (χ1) is 17.2. The van der Waals surface area contributed by atoms with Crippen LogP contribution in [0.5, 0.6) is 0 Å². The molecule has 4 aliphatic carbocycles. The van der Waals surface area contributed by atoms with Gasteiger partial charge in [0.2, 0.25) is 5.95 Å². The summed E-state index contributed by atoms with van der Waals surface area (Å²) in [4.78, 5) is 30.0. The maximum Gasteiger partial charge on any atom is 0.350 e. The van der Waals surface area contributed by atoms with Crippen LogP contribution in [0.4, 0.5) is 4.39 Å². The van der Waals surface area contributed by atoms with E-state index < -0.39 is 17.2 Å². The van der Waals surface area contributed by atoms with Crippen LogP contribution in [0, 0.1) is 46.9 Å². The molecule has 2 aromatic heterocycles. The lowest BCUT2D eigenvalue weighted by Crippen LogP contribution is -2.51. The Balaban J connectivity index is 1.17. The van der Waals surface area contributed by atoms with Crippen molar-refractivity contribution >= 4 is 5.78 Å². The monoisotopic (exact) mass is 496 g/mol. The zero-order valence-corrected chi connectivity index (χ0v) is 21.3. The topological polar surface area (TPSA) is 90.0 Å². The van der Waals surface area contributed by atoms with E-state index in [0.29, 0.717) is 23.4 Å². The third-order valence-corrected chi connectivity index (χ3v) is 10.6. The van der Waals surface area contributed by atoms with E-state index in [1.54, 1.807) is 0 Å². The van der Waals surface area contributed by atoms with Crippen LogP contribution in [0.1, 0.15) is 71.6 Å². The number of rotatable bonds is 4. The summed E-state index contributed by atoms with van der Waals surface area (Å²) in [5.74, 6) is 2.74. The number of carbonyl (C=O) groups excluding carboxylic acids is 1. The molecule has 0 bridgehead atoms. The van der Waals surface area contributed by atoms with E-state index in [4.69, 9.17) is 0 Å². The second-order valence-electron chi connectivity index (χ2n) is 12.6. The highest BCUT2D eigenvalue weighted by molar-refractivity contribution is 5.82. The largest absolute Gasteiger partial charge is 0.390 e. The maximum atomic E-state index is 13.6. The van der Waals surface area contributed by atoms with E-state index >= 15 is 0 Å². The predicted octanol–water partition coefficient (Wildman–Crippen LogP) is 4.16. The van der Waals surface area contributed by atoms with Crippen molar-refractivity contribution in [3.05, 3.63) is 41.1 Å². The molecule has 0 unspecified atom stereocenters. The van der Waals surface area contributed by atoms with E-state index in [2.05, 4.69) is 17.0 Å². The average molecular weight is 497 g/mol. The van der Waals surface area contributed by atoms with E-state index in [0.717, 1.165) is 61.1 Å². The number of pyridine rings is 1. The van der Waals surface area contributed by atoms with Crippen molar-refractivity contribution in [3.8, 4) is 5.69 Å². The maximum absolute atomic E-state index is 13.6. The average Bonchev–Trinajstić information content (AvgIpc) is 3.37. The van der Waals surface area contributed by atoms with Gasteiger partial charge in [0.25, 0.3) is 0 Å². The third-order valence-electron chi connectivity index (χ3n) is 10.6. The Morgan fingerprint density at radius 3 is 2.72 bits per heavy atom. The van der Waals surface area contributed by atoms with Gasteiger partial charge in [0, 0.05) is 18.2 Å². The Labute approximate surface area is 211 Å². The number of aromatic nitrogens is 4. The van der Waals surface area contributed by atoms with Crippen LogP contribution in [0.2, 0.25) is 0 Å². The van der Waals surface area contributed by atoms with Crippen LogP contribution in [0.25, 0.3) is 5.69 Å². The van der Waals surface area contributed by atoms with Gasteiger partial charge in [-0.2, -0.15) is 14.2 Å². The molecule has 0 saturated heterocycles. The van der Waals surface area contributed by atoms with Gasteiger partial charge < -0.3 is 5.11 Å². The number of hydrogen-bond acceptors (Lipinski definition) is 5. The fourth-order valence-electron chi connectivity index (χ4n) is 9.03. The minimum atomic E-state index is -0.682. The first-order valence-corrected chi connectivity index (χ1v) is 13.7. The molecule has 4 fully saturated rings. The molecule has 2 aromatic rings. The molecule has 36 heavy (non-hydrogen) atoms. The molecule has 0 aromatic carbocycles. The molecule has 0 spiro atoms. The summed E-state index contributed by atoms with van der Waals surface area (Å²) in [7, 11) is 0. The summed E-state index contributed by atoms with van der Waals surface area (Å²) in [6, 6.07) is 2.68. The van der Waals surface area contributed by atoms with E-state index in [1.807, 2.05) is 6.92 Å². The highest BCUT2D eigenvalue weighted by atomic mass is 19.1. The van der Waals surface area contributed by atoms with Gasteiger partial charge in [-0.05, 0) is 106 Å². The summed E-state index contributed by atoms with van der Waals surface area (Å²) < 4.78 is 16.0. The van der Waals surface area contributed by atoms with E-state index in [9.17, 15) is 19.1 Å². The van der Waals surface area contributed by atoms with Crippen LogP contribution in [0.15, 0.2) is 29.5 Å². The molecular weight excluding hydrogens is 459 g/mol. The minimum Gasteiger partial charge on any atom is -0.390 e. The van der Waals surface area contributed by atoms with Crippen LogP contribution in [0.3, 0.4) is 0 Å². The highest BCUT2D eigenvalue weighted by Gasteiger charge is 2.58. The number of nitrogens with zero attached hydrogens (tertiary/aromatic N) is 4. The molecule has 1 N–H and O–H groups in total. The minimum absolute atomic E-state index is 0.00720. The van der Waals surface area contributed by atoms with Crippen molar-refractivity contribution in [3.63, 3.8) is 0 Å². The van der Waals surface area contributed by atoms with Crippen molar-refractivity contribution in [2.75, 3.05) is 0 Å². The molecule has 0 aliphatic heterocycles. The normalized spacial score (nSPS) is 39.8. The van der Waals surface area contributed by atoms with Gasteiger partial charge in [0.05, 0.1) is 17.8 Å². The van der Waals surface area contributed by atoms with Gasteiger partial charge in [0.15, 0.2) is 5.78 Å². The number of hydrogen-bond donors (Lipinski definition) is 1. The van der Waals surface area contributed by atoms with E-state index in [1.165, 1.54) is 42.4 Å². The second-order valence-corrected chi connectivity index (χ2v) is 12.6. The van der Waals surface area contributed by atoms with Crippen LogP contribution >= 0.6 is 0 Å². The van der Waals surface area contributed by atoms with Crippen molar-refractivity contribution in [1.29, 1.82) is 0 Å². The number of ketones is 1. The summed E-state index contributed by atoms with van der Waals surface area (Å²) in [5.41, 5.74) is -0.660. The molecule has 8 heteroatoms. The first-order valence-electron chi connectivity index (χ1n) is 13.7. The standard InChI is InChI=1S/C28H37FN4O3/c1-27(36)10-7-19-17(14-27)3-4-21-20(19)8-11-28(2)22(21)5-6-23(28)24(34)15-32-16-31-33(26(32)35)18-9-12-30-25(29)13-18/h9,12-13,16-17,19-23,36H,3-8,10-11,14-15H2,1-2H3/t17-,19+,20-,21-,22+,23-,27-,28+/m1/s1. The van der Waals surface area contributed by atoms with Crippen molar-refractivity contribution in [2.24, 2.45) is 40.9 Å². The van der Waals surface area contributed by atoms with Crippen molar-refractivity contribution in [1.82, 2.24) is 19.3 Å². The van der Waals surface area contributed by atoms with Gasteiger partial charge in [0.1, 0.15) is 6.33 Å². The Morgan fingerprint density at radius 2 is 1.92 bits per heavy atom. The Hall–Kier alpha value is -2.35. The number of halogens is 1. The fourth-order valence-corrected chi connectivity index (χ4v) is 9.03. The smallest absolute Gasteiger partial charge is 0.350 e.